The Morgan fingerprint density at radius 3 is 2.75 bits per heavy atom. The lowest BCUT2D eigenvalue weighted by molar-refractivity contribution is 0.651. The number of rotatable bonds is 2. The van der Waals surface area contributed by atoms with Crippen molar-refractivity contribution in [2.45, 2.75) is 13.0 Å². The van der Waals surface area contributed by atoms with Gasteiger partial charge in [-0.2, -0.15) is 0 Å². The highest BCUT2D eigenvalue weighted by Gasteiger charge is 2.07. The van der Waals surface area contributed by atoms with Gasteiger partial charge in [-0.1, -0.05) is 23.2 Å². The van der Waals surface area contributed by atoms with Gasteiger partial charge < -0.3 is 5.32 Å². The first-order valence-electron chi connectivity index (χ1n) is 3.63. The molecule has 1 aromatic heterocycles. The molecule has 2 nitrogen and oxygen atoms in total. The van der Waals surface area contributed by atoms with E-state index < -0.39 is 0 Å². The first-order valence-corrected chi connectivity index (χ1v) is 4.39. The zero-order valence-corrected chi connectivity index (χ0v) is 8.45. The van der Waals surface area contributed by atoms with E-state index in [1.54, 1.807) is 12.3 Å². The van der Waals surface area contributed by atoms with Crippen LogP contribution in [0.3, 0.4) is 0 Å². The van der Waals surface area contributed by atoms with Gasteiger partial charge in [0, 0.05) is 12.2 Å². The maximum absolute atomic E-state index is 5.91. The van der Waals surface area contributed by atoms with Crippen molar-refractivity contribution in [2.24, 2.45) is 0 Å². The van der Waals surface area contributed by atoms with Crippen LogP contribution in [0.4, 0.5) is 0 Å². The quantitative estimate of drug-likeness (QED) is 0.750. The largest absolute Gasteiger partial charge is 0.313 e. The molecular weight excluding hydrogens is 195 g/mol. The minimum atomic E-state index is 0.193. The van der Waals surface area contributed by atoms with Crippen LogP contribution in [0.2, 0.25) is 10.2 Å². The Balaban J connectivity index is 3.04. The first kappa shape index (κ1) is 9.78. The Morgan fingerprint density at radius 2 is 2.17 bits per heavy atom. The second-order valence-electron chi connectivity index (χ2n) is 2.54. The summed E-state index contributed by atoms with van der Waals surface area (Å²) < 4.78 is 0. The van der Waals surface area contributed by atoms with Crippen LogP contribution in [0, 0.1) is 0 Å². The second-order valence-corrected chi connectivity index (χ2v) is 3.33. The van der Waals surface area contributed by atoms with Gasteiger partial charge in [-0.3, -0.25) is 0 Å². The summed E-state index contributed by atoms with van der Waals surface area (Å²) in [6.45, 7) is 2.01. The number of halogens is 2. The van der Waals surface area contributed by atoms with Gasteiger partial charge in [-0.05, 0) is 25.6 Å². The lowest BCUT2D eigenvalue weighted by Crippen LogP contribution is -2.12. The molecule has 0 aliphatic rings. The van der Waals surface area contributed by atoms with Gasteiger partial charge in [0.1, 0.15) is 5.15 Å². The molecule has 0 radical (unpaired) electrons. The fourth-order valence-corrected chi connectivity index (χ4v) is 1.35. The lowest BCUT2D eigenvalue weighted by atomic mass is 10.1. The summed E-state index contributed by atoms with van der Waals surface area (Å²) in [5, 5.41) is 4.19. The number of nitrogens with one attached hydrogen (secondary N) is 1. The molecule has 0 amide bonds. The van der Waals surface area contributed by atoms with E-state index in [0.717, 1.165) is 5.56 Å². The van der Waals surface area contributed by atoms with Crippen LogP contribution in [0.5, 0.6) is 0 Å². The third kappa shape index (κ3) is 2.09. The summed E-state index contributed by atoms with van der Waals surface area (Å²) >= 11 is 11.6. The Hall–Kier alpha value is -0.310. The van der Waals surface area contributed by atoms with Gasteiger partial charge in [-0.15, -0.1) is 0 Å². The van der Waals surface area contributed by atoms with Crippen LogP contribution in [0.1, 0.15) is 18.5 Å². The molecule has 0 aromatic carbocycles. The predicted octanol–water partition coefficient (Wildman–Crippen LogP) is 2.67. The Morgan fingerprint density at radius 1 is 1.50 bits per heavy atom. The molecule has 1 unspecified atom stereocenters. The standard InChI is InChI=1S/C8H10Cl2N2/c1-5(11-2)6-3-8(10)12-4-7(6)9/h3-5,11H,1-2H3. The summed E-state index contributed by atoms with van der Waals surface area (Å²) in [5.41, 5.74) is 0.971. The molecule has 66 valence electrons. The van der Waals surface area contributed by atoms with Crippen LogP contribution >= 0.6 is 23.2 Å². The van der Waals surface area contributed by atoms with Crippen LogP contribution in [0.15, 0.2) is 12.3 Å². The molecule has 0 bridgehead atoms. The molecule has 0 aliphatic heterocycles. The van der Waals surface area contributed by atoms with E-state index in [1.807, 2.05) is 14.0 Å². The van der Waals surface area contributed by atoms with Crippen molar-refractivity contribution in [2.75, 3.05) is 7.05 Å². The van der Waals surface area contributed by atoms with Crippen molar-refractivity contribution >= 4 is 23.2 Å². The average molecular weight is 205 g/mol. The monoisotopic (exact) mass is 204 g/mol. The van der Waals surface area contributed by atoms with Gasteiger partial charge in [0.15, 0.2) is 0 Å². The minimum absolute atomic E-state index is 0.193. The van der Waals surface area contributed by atoms with E-state index >= 15 is 0 Å². The Bertz CT molecular complexity index is 276. The maximum atomic E-state index is 5.91. The second kappa shape index (κ2) is 4.08. The normalized spacial score (nSPS) is 13.0. The van der Waals surface area contributed by atoms with Crippen LogP contribution < -0.4 is 5.32 Å². The summed E-state index contributed by atoms with van der Waals surface area (Å²) in [5.74, 6) is 0. The molecule has 0 spiro atoms. The minimum Gasteiger partial charge on any atom is -0.313 e. The van der Waals surface area contributed by atoms with Crippen molar-refractivity contribution in [3.63, 3.8) is 0 Å². The molecule has 1 N–H and O–H groups in total. The van der Waals surface area contributed by atoms with Gasteiger partial charge in [0.25, 0.3) is 0 Å². The van der Waals surface area contributed by atoms with Gasteiger partial charge in [0.05, 0.1) is 5.02 Å². The Kier molecular flexibility index (Phi) is 3.32. The highest BCUT2D eigenvalue weighted by molar-refractivity contribution is 6.32. The number of hydrogen-bond donors (Lipinski definition) is 1. The molecular formula is C8H10Cl2N2. The number of nitrogens with zero attached hydrogens (tertiary/aromatic N) is 1. The zero-order chi connectivity index (χ0) is 9.14. The molecule has 1 heterocycles. The fraction of sp³-hybridized carbons (Fsp3) is 0.375. The Labute approximate surface area is 81.9 Å². The highest BCUT2D eigenvalue weighted by Crippen LogP contribution is 2.23. The third-order valence-electron chi connectivity index (χ3n) is 1.75. The molecule has 1 aromatic rings. The van der Waals surface area contributed by atoms with E-state index in [4.69, 9.17) is 23.2 Å². The van der Waals surface area contributed by atoms with Crippen molar-refractivity contribution in [1.82, 2.24) is 10.3 Å². The van der Waals surface area contributed by atoms with Crippen LogP contribution in [0.25, 0.3) is 0 Å². The zero-order valence-electron chi connectivity index (χ0n) is 6.94. The molecule has 0 saturated heterocycles. The van der Waals surface area contributed by atoms with E-state index in [2.05, 4.69) is 10.3 Å². The van der Waals surface area contributed by atoms with Crippen LogP contribution in [-0.2, 0) is 0 Å². The molecule has 0 fully saturated rings. The lowest BCUT2D eigenvalue weighted by Gasteiger charge is -2.11. The van der Waals surface area contributed by atoms with Crippen molar-refractivity contribution in [1.29, 1.82) is 0 Å². The fourth-order valence-electron chi connectivity index (χ4n) is 0.915. The first-order chi connectivity index (χ1) is 5.65. The van der Waals surface area contributed by atoms with Gasteiger partial charge in [-0.25, -0.2) is 4.98 Å². The summed E-state index contributed by atoms with van der Waals surface area (Å²) in [6.07, 6.45) is 1.56. The molecule has 0 aliphatic carbocycles. The molecule has 1 rings (SSSR count). The van der Waals surface area contributed by atoms with E-state index in [1.165, 1.54) is 0 Å². The van der Waals surface area contributed by atoms with Crippen molar-refractivity contribution in [3.8, 4) is 0 Å². The smallest absolute Gasteiger partial charge is 0.129 e. The predicted molar refractivity (Wildman–Crippen MR) is 51.7 cm³/mol. The third-order valence-corrected chi connectivity index (χ3v) is 2.27. The maximum Gasteiger partial charge on any atom is 0.129 e. The topological polar surface area (TPSA) is 24.9 Å². The van der Waals surface area contributed by atoms with Crippen LogP contribution in [-0.4, -0.2) is 12.0 Å². The van der Waals surface area contributed by atoms with E-state index in [0.29, 0.717) is 10.2 Å². The number of pyridine rings is 1. The van der Waals surface area contributed by atoms with E-state index in [-0.39, 0.29) is 6.04 Å². The summed E-state index contributed by atoms with van der Waals surface area (Å²) in [4.78, 5) is 3.86. The summed E-state index contributed by atoms with van der Waals surface area (Å²) in [6, 6.07) is 1.96. The van der Waals surface area contributed by atoms with Crippen molar-refractivity contribution < 1.29 is 0 Å². The number of aromatic nitrogens is 1. The van der Waals surface area contributed by atoms with Gasteiger partial charge in [0.2, 0.25) is 0 Å². The average Bonchev–Trinajstić information content (AvgIpc) is 2.08. The molecule has 4 heteroatoms. The number of hydrogen-bond acceptors (Lipinski definition) is 2. The highest BCUT2D eigenvalue weighted by atomic mass is 35.5. The van der Waals surface area contributed by atoms with E-state index in [9.17, 15) is 0 Å². The summed E-state index contributed by atoms with van der Waals surface area (Å²) in [7, 11) is 1.87. The SMILES string of the molecule is CNC(C)c1cc(Cl)ncc1Cl. The molecule has 0 saturated carbocycles. The van der Waals surface area contributed by atoms with Gasteiger partial charge >= 0.3 is 0 Å². The molecule has 1 atom stereocenters. The molecule has 12 heavy (non-hydrogen) atoms. The van der Waals surface area contributed by atoms with Crippen molar-refractivity contribution in [3.05, 3.63) is 28.0 Å².